The number of hydrogen-bond acceptors (Lipinski definition) is 1. The molecule has 1 aromatic carbocycles. The summed E-state index contributed by atoms with van der Waals surface area (Å²) in [6.45, 7) is 2.30. The van der Waals surface area contributed by atoms with E-state index in [1.54, 1.807) is 6.07 Å². The van der Waals surface area contributed by atoms with Gasteiger partial charge in [-0.05, 0) is 62.1 Å². The molecule has 0 aromatic heterocycles. The average molecular weight is 289 g/mol. The number of amides is 1. The van der Waals surface area contributed by atoms with Gasteiger partial charge in [0.15, 0.2) is 0 Å². The average Bonchev–Trinajstić information content (AvgIpc) is 3.26. The minimum absolute atomic E-state index is 0.183. The molecule has 2 nitrogen and oxygen atoms in total. The van der Waals surface area contributed by atoms with Gasteiger partial charge in [0, 0.05) is 12.1 Å². The van der Waals surface area contributed by atoms with Gasteiger partial charge in [-0.2, -0.15) is 0 Å². The highest BCUT2D eigenvalue weighted by Gasteiger charge is 2.38. The molecule has 0 saturated heterocycles. The number of rotatable bonds is 4. The molecule has 0 bridgehead atoms. The second-order valence-electron chi connectivity index (χ2n) is 6.75. The Morgan fingerprint density at radius 1 is 1.14 bits per heavy atom. The van der Waals surface area contributed by atoms with Crippen LogP contribution < -0.4 is 0 Å². The van der Waals surface area contributed by atoms with Gasteiger partial charge in [0.2, 0.25) is 5.91 Å². The molecular weight excluding hydrogens is 265 g/mol. The van der Waals surface area contributed by atoms with Crippen molar-refractivity contribution in [3.05, 3.63) is 35.6 Å². The summed E-state index contributed by atoms with van der Waals surface area (Å²) in [5, 5.41) is 0. The van der Waals surface area contributed by atoms with Gasteiger partial charge in [-0.25, -0.2) is 4.39 Å². The number of carbonyl (C=O) groups is 1. The first kappa shape index (κ1) is 14.6. The van der Waals surface area contributed by atoms with Gasteiger partial charge in [-0.3, -0.25) is 4.79 Å². The van der Waals surface area contributed by atoms with E-state index in [9.17, 15) is 9.18 Å². The smallest absolute Gasteiger partial charge is 0.227 e. The largest absolute Gasteiger partial charge is 0.336 e. The molecule has 2 aliphatic carbocycles. The van der Waals surface area contributed by atoms with E-state index in [1.165, 1.54) is 25.0 Å². The molecule has 0 spiro atoms. The summed E-state index contributed by atoms with van der Waals surface area (Å²) in [4.78, 5) is 14.8. The number of nitrogens with zero attached hydrogens (tertiary/aromatic N) is 1. The number of benzene rings is 1. The van der Waals surface area contributed by atoms with Crippen LogP contribution in [0.1, 0.15) is 51.0 Å². The van der Waals surface area contributed by atoms with Crippen molar-refractivity contribution in [2.45, 2.75) is 64.0 Å². The zero-order chi connectivity index (χ0) is 14.8. The van der Waals surface area contributed by atoms with Crippen LogP contribution in [-0.2, 0) is 11.2 Å². The monoisotopic (exact) mass is 289 g/mol. The summed E-state index contributed by atoms with van der Waals surface area (Å²) in [6, 6.07) is 7.29. The first-order valence-electron chi connectivity index (χ1n) is 8.19. The van der Waals surface area contributed by atoms with E-state index in [-0.39, 0.29) is 11.7 Å². The van der Waals surface area contributed by atoms with E-state index in [1.807, 2.05) is 6.07 Å². The van der Waals surface area contributed by atoms with Crippen molar-refractivity contribution in [1.82, 2.24) is 4.90 Å². The highest BCUT2D eigenvalue weighted by Crippen LogP contribution is 2.35. The number of carbonyl (C=O) groups excluding carboxylic acids is 1. The minimum atomic E-state index is -0.259. The lowest BCUT2D eigenvalue weighted by molar-refractivity contribution is -0.134. The maximum atomic E-state index is 13.3. The van der Waals surface area contributed by atoms with E-state index in [0.29, 0.717) is 18.5 Å². The van der Waals surface area contributed by atoms with E-state index in [0.717, 1.165) is 37.2 Å². The topological polar surface area (TPSA) is 20.3 Å². The molecule has 3 rings (SSSR count). The molecule has 21 heavy (non-hydrogen) atoms. The Morgan fingerprint density at radius 2 is 1.76 bits per heavy atom. The van der Waals surface area contributed by atoms with Crippen LogP contribution in [0.25, 0.3) is 0 Å². The lowest BCUT2D eigenvalue weighted by Crippen LogP contribution is -2.44. The fourth-order valence-corrected chi connectivity index (χ4v) is 3.49. The van der Waals surface area contributed by atoms with Crippen molar-refractivity contribution < 1.29 is 9.18 Å². The number of hydrogen-bond donors (Lipinski definition) is 0. The summed E-state index contributed by atoms with van der Waals surface area (Å²) in [5.41, 5.74) is 0.787. The van der Waals surface area contributed by atoms with Crippen LogP contribution in [0.4, 0.5) is 4.39 Å². The van der Waals surface area contributed by atoms with Gasteiger partial charge in [0.1, 0.15) is 5.82 Å². The zero-order valence-electron chi connectivity index (χ0n) is 12.7. The Labute approximate surface area is 126 Å². The molecule has 3 heteroatoms. The van der Waals surface area contributed by atoms with E-state index < -0.39 is 0 Å². The standard InChI is InChI=1S/C18H24FNO/c1-13-5-7-16(8-6-13)20(17-9-10-17)18(21)12-14-3-2-4-15(19)11-14/h2-4,11,13,16-17H,5-10,12H2,1H3. The van der Waals surface area contributed by atoms with Crippen molar-refractivity contribution >= 4 is 5.91 Å². The number of halogens is 1. The van der Waals surface area contributed by atoms with Crippen molar-refractivity contribution in [1.29, 1.82) is 0 Å². The fourth-order valence-electron chi connectivity index (χ4n) is 3.49. The Balaban J connectivity index is 1.67. The predicted octanol–water partition coefficient (Wildman–Crippen LogP) is 3.94. The Hall–Kier alpha value is -1.38. The normalized spacial score (nSPS) is 25.6. The molecular formula is C18H24FNO. The van der Waals surface area contributed by atoms with Gasteiger partial charge < -0.3 is 4.90 Å². The second-order valence-corrected chi connectivity index (χ2v) is 6.75. The zero-order valence-corrected chi connectivity index (χ0v) is 12.7. The molecule has 0 radical (unpaired) electrons. The molecule has 1 amide bonds. The van der Waals surface area contributed by atoms with Gasteiger partial charge in [-0.1, -0.05) is 19.1 Å². The third kappa shape index (κ3) is 3.63. The van der Waals surface area contributed by atoms with Crippen molar-refractivity contribution in [2.24, 2.45) is 5.92 Å². The van der Waals surface area contributed by atoms with Gasteiger partial charge in [0.25, 0.3) is 0 Å². The highest BCUT2D eigenvalue weighted by molar-refractivity contribution is 5.79. The van der Waals surface area contributed by atoms with Gasteiger partial charge in [-0.15, -0.1) is 0 Å². The summed E-state index contributed by atoms with van der Waals surface area (Å²) >= 11 is 0. The molecule has 0 atom stereocenters. The van der Waals surface area contributed by atoms with Crippen LogP contribution in [-0.4, -0.2) is 22.9 Å². The fraction of sp³-hybridized carbons (Fsp3) is 0.611. The minimum Gasteiger partial charge on any atom is -0.336 e. The maximum Gasteiger partial charge on any atom is 0.227 e. The molecule has 114 valence electrons. The first-order chi connectivity index (χ1) is 10.1. The maximum absolute atomic E-state index is 13.3. The molecule has 1 aromatic rings. The lowest BCUT2D eigenvalue weighted by Gasteiger charge is -2.36. The second kappa shape index (κ2) is 6.17. The van der Waals surface area contributed by atoms with Gasteiger partial charge in [0.05, 0.1) is 6.42 Å². The van der Waals surface area contributed by atoms with Crippen molar-refractivity contribution in [2.75, 3.05) is 0 Å². The van der Waals surface area contributed by atoms with E-state index in [4.69, 9.17) is 0 Å². The Bertz CT molecular complexity index is 504. The summed E-state index contributed by atoms with van der Waals surface area (Å²) < 4.78 is 13.3. The van der Waals surface area contributed by atoms with Crippen molar-refractivity contribution in [3.63, 3.8) is 0 Å². The third-order valence-electron chi connectivity index (χ3n) is 4.85. The molecule has 0 unspecified atom stereocenters. The summed E-state index contributed by atoms with van der Waals surface area (Å²) in [7, 11) is 0. The van der Waals surface area contributed by atoms with Crippen LogP contribution in [0, 0.1) is 11.7 Å². The molecule has 0 heterocycles. The third-order valence-corrected chi connectivity index (χ3v) is 4.85. The van der Waals surface area contributed by atoms with Gasteiger partial charge >= 0.3 is 0 Å². The highest BCUT2D eigenvalue weighted by atomic mass is 19.1. The summed E-state index contributed by atoms with van der Waals surface area (Å²) in [5.74, 6) is 0.716. The predicted molar refractivity (Wildman–Crippen MR) is 81.4 cm³/mol. The molecule has 2 fully saturated rings. The Morgan fingerprint density at radius 3 is 2.33 bits per heavy atom. The molecule has 0 N–H and O–H groups in total. The van der Waals surface area contributed by atoms with Crippen LogP contribution in [0.15, 0.2) is 24.3 Å². The van der Waals surface area contributed by atoms with Crippen LogP contribution >= 0.6 is 0 Å². The van der Waals surface area contributed by atoms with Crippen LogP contribution in [0.3, 0.4) is 0 Å². The SMILES string of the molecule is CC1CCC(N(C(=O)Cc2cccc(F)c2)C2CC2)CC1. The molecule has 0 aliphatic heterocycles. The summed E-state index contributed by atoms with van der Waals surface area (Å²) in [6.07, 6.45) is 7.32. The first-order valence-corrected chi connectivity index (χ1v) is 8.19. The lowest BCUT2D eigenvalue weighted by atomic mass is 9.86. The van der Waals surface area contributed by atoms with E-state index >= 15 is 0 Å². The quantitative estimate of drug-likeness (QED) is 0.822. The van der Waals surface area contributed by atoms with Crippen molar-refractivity contribution in [3.8, 4) is 0 Å². The molecule has 2 aliphatic rings. The Kier molecular flexibility index (Phi) is 4.27. The molecule has 2 saturated carbocycles. The van der Waals surface area contributed by atoms with E-state index in [2.05, 4.69) is 11.8 Å². The van der Waals surface area contributed by atoms with Crippen LogP contribution in [0.2, 0.25) is 0 Å². The van der Waals surface area contributed by atoms with Crippen LogP contribution in [0.5, 0.6) is 0 Å².